The van der Waals surface area contributed by atoms with E-state index < -0.39 is 0 Å². The van der Waals surface area contributed by atoms with E-state index in [4.69, 9.17) is 5.73 Å². The lowest BCUT2D eigenvalue weighted by Crippen LogP contribution is -2.25. The lowest BCUT2D eigenvalue weighted by molar-refractivity contribution is -0.121. The molecular weight excluding hydrogens is 388 g/mol. The van der Waals surface area contributed by atoms with Crippen molar-refractivity contribution in [3.05, 3.63) is 77.0 Å². The number of aromatic nitrogens is 2. The van der Waals surface area contributed by atoms with Crippen molar-refractivity contribution in [3.8, 4) is 11.8 Å². The Bertz CT molecular complexity index is 1070. The van der Waals surface area contributed by atoms with E-state index in [-0.39, 0.29) is 35.3 Å². The zero-order chi connectivity index (χ0) is 21.5. The van der Waals surface area contributed by atoms with E-state index in [2.05, 4.69) is 16.5 Å². The number of nitrogens with two attached hydrogens (primary N) is 1. The molecule has 2 aromatic carbocycles. The molecule has 30 heavy (non-hydrogen) atoms. The zero-order valence-corrected chi connectivity index (χ0v) is 16.2. The van der Waals surface area contributed by atoms with Crippen LogP contribution in [0.25, 0.3) is 5.69 Å². The minimum absolute atomic E-state index is 0.171. The normalized spacial score (nSPS) is 10.6. The fourth-order valence-corrected chi connectivity index (χ4v) is 3.08. The van der Waals surface area contributed by atoms with Crippen LogP contribution in [-0.4, -0.2) is 22.2 Å². The molecule has 0 spiro atoms. The third-order valence-corrected chi connectivity index (χ3v) is 4.67. The number of halogens is 2. The first-order chi connectivity index (χ1) is 14.5. The summed E-state index contributed by atoms with van der Waals surface area (Å²) in [5.41, 5.74) is 7.87. The fourth-order valence-electron chi connectivity index (χ4n) is 3.08. The number of carbonyl (C=O) groups excluding carboxylic acids is 1. The lowest BCUT2D eigenvalue weighted by atomic mass is 10.1. The number of nitrogens with one attached hydrogen (secondary N) is 1. The highest BCUT2D eigenvalue weighted by Gasteiger charge is 2.16. The van der Waals surface area contributed by atoms with Gasteiger partial charge >= 0.3 is 0 Å². The molecule has 0 radical (unpaired) electrons. The van der Waals surface area contributed by atoms with Gasteiger partial charge in [0, 0.05) is 13.0 Å². The predicted molar refractivity (Wildman–Crippen MR) is 109 cm³/mol. The summed E-state index contributed by atoms with van der Waals surface area (Å²) in [4.78, 5) is 12.0. The van der Waals surface area contributed by atoms with Crippen LogP contribution in [0, 0.1) is 23.0 Å². The van der Waals surface area contributed by atoms with Crippen LogP contribution in [0.2, 0.25) is 0 Å². The number of carbonyl (C=O) groups is 1. The third kappa shape index (κ3) is 5.00. The molecule has 0 atom stereocenters. The molecule has 0 aliphatic heterocycles. The summed E-state index contributed by atoms with van der Waals surface area (Å²) in [5, 5.41) is 16.6. The van der Waals surface area contributed by atoms with Crippen LogP contribution in [0.1, 0.15) is 29.7 Å². The van der Waals surface area contributed by atoms with Gasteiger partial charge in [0.05, 0.1) is 11.4 Å². The van der Waals surface area contributed by atoms with Gasteiger partial charge in [0.1, 0.15) is 29.1 Å². The second-order valence-electron chi connectivity index (χ2n) is 6.75. The lowest BCUT2D eigenvalue weighted by Gasteiger charge is -2.05. The largest absolute Gasteiger partial charge is 0.382 e. The van der Waals surface area contributed by atoms with E-state index in [1.165, 1.54) is 35.0 Å². The Hall–Kier alpha value is -3.73. The Labute approximate surface area is 172 Å². The zero-order valence-electron chi connectivity index (χ0n) is 16.2. The number of anilines is 1. The van der Waals surface area contributed by atoms with Gasteiger partial charge in [-0.15, -0.1) is 0 Å². The third-order valence-electron chi connectivity index (χ3n) is 4.67. The predicted octanol–water partition coefficient (Wildman–Crippen LogP) is 3.29. The highest BCUT2D eigenvalue weighted by molar-refractivity contribution is 5.76. The molecule has 0 aliphatic rings. The van der Waals surface area contributed by atoms with Crippen molar-refractivity contribution in [2.45, 2.75) is 25.7 Å². The maximum atomic E-state index is 13.6. The van der Waals surface area contributed by atoms with E-state index in [9.17, 15) is 18.8 Å². The standard InChI is InChI=1S/C22H21F2N5O/c23-16-8-10-17(11-9-16)29-22(26)18(14-25)20(28-29)6-3-13-27-21(30)12-7-15-4-1-2-5-19(15)24/h1-2,4-5,8-11H,3,6-7,12-13,26H2,(H,27,30). The van der Waals surface area contributed by atoms with Crippen LogP contribution in [0.5, 0.6) is 0 Å². The fraction of sp³-hybridized carbons (Fsp3) is 0.227. The van der Waals surface area contributed by atoms with Crippen LogP contribution < -0.4 is 11.1 Å². The van der Waals surface area contributed by atoms with Gasteiger partial charge in [-0.3, -0.25) is 4.79 Å². The number of nitrogen functional groups attached to an aromatic ring is 1. The number of nitrogens with zero attached hydrogens (tertiary/aromatic N) is 3. The molecule has 6 nitrogen and oxygen atoms in total. The van der Waals surface area contributed by atoms with Gasteiger partial charge in [-0.2, -0.15) is 10.4 Å². The van der Waals surface area contributed by atoms with Gasteiger partial charge in [0.25, 0.3) is 0 Å². The van der Waals surface area contributed by atoms with E-state index in [0.717, 1.165) is 0 Å². The molecular formula is C22H21F2N5O. The topological polar surface area (TPSA) is 96.7 Å². The summed E-state index contributed by atoms with van der Waals surface area (Å²) in [6.45, 7) is 0.393. The summed E-state index contributed by atoms with van der Waals surface area (Å²) in [6.07, 6.45) is 1.51. The summed E-state index contributed by atoms with van der Waals surface area (Å²) in [5.74, 6) is -0.678. The molecule has 3 N–H and O–H groups in total. The van der Waals surface area contributed by atoms with Crippen molar-refractivity contribution in [1.29, 1.82) is 5.26 Å². The monoisotopic (exact) mass is 409 g/mol. The number of rotatable bonds is 8. The highest BCUT2D eigenvalue weighted by atomic mass is 19.1. The molecule has 0 aliphatic carbocycles. The molecule has 1 heterocycles. The summed E-state index contributed by atoms with van der Waals surface area (Å²) >= 11 is 0. The van der Waals surface area contributed by atoms with Gasteiger partial charge in [-0.25, -0.2) is 13.5 Å². The Morgan fingerprint density at radius 1 is 1.13 bits per heavy atom. The van der Waals surface area contributed by atoms with Crippen LogP contribution in [0.3, 0.4) is 0 Å². The molecule has 1 aromatic heterocycles. The number of nitriles is 1. The number of aryl methyl sites for hydroxylation is 2. The van der Waals surface area contributed by atoms with E-state index in [1.54, 1.807) is 18.2 Å². The van der Waals surface area contributed by atoms with Crippen molar-refractivity contribution in [2.24, 2.45) is 0 Å². The first-order valence-corrected chi connectivity index (χ1v) is 9.53. The molecule has 3 aromatic rings. The average Bonchev–Trinajstić information content (AvgIpc) is 3.06. The summed E-state index contributed by atoms with van der Waals surface area (Å²) in [7, 11) is 0. The Morgan fingerprint density at radius 2 is 1.87 bits per heavy atom. The average molecular weight is 409 g/mol. The number of hydrogen-bond donors (Lipinski definition) is 2. The smallest absolute Gasteiger partial charge is 0.220 e. The van der Waals surface area contributed by atoms with Crippen molar-refractivity contribution >= 4 is 11.7 Å². The van der Waals surface area contributed by atoms with Crippen LogP contribution in [-0.2, 0) is 17.6 Å². The first kappa shape index (κ1) is 21.0. The van der Waals surface area contributed by atoms with Crippen LogP contribution >= 0.6 is 0 Å². The molecule has 8 heteroatoms. The molecule has 0 saturated carbocycles. The number of amides is 1. The van der Waals surface area contributed by atoms with Crippen molar-refractivity contribution in [1.82, 2.24) is 15.1 Å². The van der Waals surface area contributed by atoms with E-state index in [0.29, 0.717) is 42.8 Å². The molecule has 1 amide bonds. The summed E-state index contributed by atoms with van der Waals surface area (Å²) in [6, 6.07) is 14.1. The summed E-state index contributed by atoms with van der Waals surface area (Å²) < 4.78 is 28.1. The molecule has 0 bridgehead atoms. The Balaban J connectivity index is 1.53. The van der Waals surface area contributed by atoms with E-state index in [1.807, 2.05) is 0 Å². The van der Waals surface area contributed by atoms with Crippen molar-refractivity contribution in [2.75, 3.05) is 12.3 Å². The maximum absolute atomic E-state index is 13.6. The Morgan fingerprint density at radius 3 is 2.57 bits per heavy atom. The van der Waals surface area contributed by atoms with Gasteiger partial charge < -0.3 is 11.1 Å². The minimum Gasteiger partial charge on any atom is -0.382 e. The SMILES string of the molecule is N#Cc1c(CCCNC(=O)CCc2ccccc2F)nn(-c2ccc(F)cc2)c1N. The first-order valence-electron chi connectivity index (χ1n) is 9.53. The Kier molecular flexibility index (Phi) is 6.75. The minimum atomic E-state index is -0.379. The van der Waals surface area contributed by atoms with Crippen LogP contribution in [0.15, 0.2) is 48.5 Å². The van der Waals surface area contributed by atoms with Gasteiger partial charge in [0.2, 0.25) is 5.91 Å². The van der Waals surface area contributed by atoms with Gasteiger partial charge in [0.15, 0.2) is 0 Å². The second kappa shape index (κ2) is 9.65. The molecule has 154 valence electrons. The number of hydrogen-bond acceptors (Lipinski definition) is 4. The molecule has 3 rings (SSSR count). The van der Waals surface area contributed by atoms with Gasteiger partial charge in [-0.05, 0) is 55.2 Å². The maximum Gasteiger partial charge on any atom is 0.220 e. The molecule has 0 fully saturated rings. The van der Waals surface area contributed by atoms with Crippen LogP contribution in [0.4, 0.5) is 14.6 Å². The van der Waals surface area contributed by atoms with Crippen molar-refractivity contribution in [3.63, 3.8) is 0 Å². The second-order valence-corrected chi connectivity index (χ2v) is 6.75. The number of benzene rings is 2. The molecule has 0 unspecified atom stereocenters. The highest BCUT2D eigenvalue weighted by Crippen LogP contribution is 2.21. The van der Waals surface area contributed by atoms with Gasteiger partial charge in [-0.1, -0.05) is 18.2 Å². The quantitative estimate of drug-likeness (QED) is 0.558. The van der Waals surface area contributed by atoms with E-state index >= 15 is 0 Å². The molecule has 0 saturated heterocycles. The van der Waals surface area contributed by atoms with Crippen molar-refractivity contribution < 1.29 is 13.6 Å².